The Morgan fingerprint density at radius 3 is 2.70 bits per heavy atom. The molecule has 0 aliphatic carbocycles. The van der Waals surface area contributed by atoms with Gasteiger partial charge in [-0.1, -0.05) is 30.3 Å². The molecule has 2 saturated heterocycles. The molecule has 20 heavy (non-hydrogen) atoms. The topological polar surface area (TPSA) is 83.2 Å². The molecule has 2 fully saturated rings. The maximum Gasteiger partial charge on any atom is 0.184 e. The molecule has 1 aromatic carbocycles. The maximum atomic E-state index is 10.3. The molecular formula is C14H19NO5. The quantitative estimate of drug-likeness (QED) is 0.803. The third-order valence-corrected chi connectivity index (χ3v) is 3.72. The van der Waals surface area contributed by atoms with Crippen LogP contribution in [0, 0.1) is 0 Å². The summed E-state index contributed by atoms with van der Waals surface area (Å²) in [5.41, 5.74) is 6.81. The number of rotatable bonds is 2. The van der Waals surface area contributed by atoms with Crippen LogP contribution in [0.15, 0.2) is 30.3 Å². The molecule has 0 saturated carbocycles. The van der Waals surface area contributed by atoms with E-state index in [0.717, 1.165) is 5.56 Å². The van der Waals surface area contributed by atoms with Crippen LogP contribution in [0.25, 0.3) is 0 Å². The summed E-state index contributed by atoms with van der Waals surface area (Å²) in [6.07, 6.45) is -2.91. The van der Waals surface area contributed by atoms with Gasteiger partial charge >= 0.3 is 0 Å². The highest BCUT2D eigenvalue weighted by Crippen LogP contribution is 2.33. The number of fused-ring (bicyclic) bond motifs is 1. The fraction of sp³-hybridized carbons (Fsp3) is 0.571. The molecular weight excluding hydrogens is 262 g/mol. The van der Waals surface area contributed by atoms with E-state index in [2.05, 4.69) is 0 Å². The smallest absolute Gasteiger partial charge is 0.184 e. The minimum atomic E-state index is -0.853. The van der Waals surface area contributed by atoms with Gasteiger partial charge < -0.3 is 29.8 Å². The van der Waals surface area contributed by atoms with Gasteiger partial charge in [-0.3, -0.25) is 0 Å². The van der Waals surface area contributed by atoms with E-state index in [1.165, 1.54) is 7.11 Å². The Balaban J connectivity index is 1.74. The van der Waals surface area contributed by atoms with Gasteiger partial charge in [0.25, 0.3) is 0 Å². The van der Waals surface area contributed by atoms with Crippen molar-refractivity contribution >= 4 is 0 Å². The van der Waals surface area contributed by atoms with Crippen molar-refractivity contribution in [3.63, 3.8) is 0 Å². The number of ether oxygens (including phenoxy) is 4. The summed E-state index contributed by atoms with van der Waals surface area (Å²) in [6.45, 7) is 0.327. The van der Waals surface area contributed by atoms with Crippen LogP contribution >= 0.6 is 0 Å². The van der Waals surface area contributed by atoms with Crippen molar-refractivity contribution in [3.8, 4) is 0 Å². The van der Waals surface area contributed by atoms with Crippen molar-refractivity contribution in [2.45, 2.75) is 36.9 Å². The fourth-order valence-electron chi connectivity index (χ4n) is 2.60. The van der Waals surface area contributed by atoms with Crippen molar-refractivity contribution < 1.29 is 24.1 Å². The lowest BCUT2D eigenvalue weighted by Crippen LogP contribution is -2.64. The number of hydrogen-bond acceptors (Lipinski definition) is 6. The lowest BCUT2D eigenvalue weighted by molar-refractivity contribution is -0.339. The molecule has 6 heteroatoms. The summed E-state index contributed by atoms with van der Waals surface area (Å²) in [5, 5.41) is 10.3. The largest absolute Gasteiger partial charge is 0.388 e. The zero-order valence-corrected chi connectivity index (χ0v) is 11.2. The van der Waals surface area contributed by atoms with Gasteiger partial charge in [-0.2, -0.15) is 0 Å². The van der Waals surface area contributed by atoms with E-state index in [0.29, 0.717) is 6.61 Å². The van der Waals surface area contributed by atoms with Crippen molar-refractivity contribution in [2.75, 3.05) is 13.7 Å². The van der Waals surface area contributed by atoms with E-state index < -0.39 is 30.8 Å². The van der Waals surface area contributed by atoms with Gasteiger partial charge in [0.05, 0.1) is 12.6 Å². The highest BCUT2D eigenvalue weighted by molar-refractivity contribution is 5.16. The summed E-state index contributed by atoms with van der Waals surface area (Å²) >= 11 is 0. The molecule has 0 aromatic heterocycles. The third kappa shape index (κ3) is 2.46. The predicted molar refractivity (Wildman–Crippen MR) is 69.7 cm³/mol. The van der Waals surface area contributed by atoms with Crippen LogP contribution in [0.4, 0.5) is 0 Å². The molecule has 3 N–H and O–H groups in total. The average Bonchev–Trinajstić information content (AvgIpc) is 2.51. The van der Waals surface area contributed by atoms with Gasteiger partial charge in [-0.25, -0.2) is 0 Å². The second kappa shape index (κ2) is 5.77. The van der Waals surface area contributed by atoms with Crippen LogP contribution in [0.3, 0.4) is 0 Å². The van der Waals surface area contributed by atoms with E-state index in [4.69, 9.17) is 24.7 Å². The van der Waals surface area contributed by atoms with Crippen LogP contribution in [0.2, 0.25) is 0 Å². The van der Waals surface area contributed by atoms with Gasteiger partial charge in [0.2, 0.25) is 0 Å². The summed E-state index contributed by atoms with van der Waals surface area (Å²) < 4.78 is 22.2. The number of hydrogen-bond donors (Lipinski definition) is 2. The minimum Gasteiger partial charge on any atom is -0.388 e. The van der Waals surface area contributed by atoms with Crippen LogP contribution in [-0.4, -0.2) is 49.5 Å². The average molecular weight is 281 g/mol. The molecule has 2 aliphatic heterocycles. The first-order valence-corrected chi connectivity index (χ1v) is 6.64. The summed E-state index contributed by atoms with van der Waals surface area (Å²) in [5.74, 6) is 0. The molecule has 0 spiro atoms. The maximum absolute atomic E-state index is 10.3. The molecule has 1 aromatic rings. The zero-order chi connectivity index (χ0) is 14.1. The van der Waals surface area contributed by atoms with E-state index >= 15 is 0 Å². The molecule has 0 bridgehead atoms. The number of methoxy groups -OCH3 is 1. The van der Waals surface area contributed by atoms with Crippen LogP contribution in [-0.2, 0) is 18.9 Å². The van der Waals surface area contributed by atoms with Crippen LogP contribution in [0.1, 0.15) is 11.9 Å². The molecule has 2 aliphatic rings. The summed E-state index contributed by atoms with van der Waals surface area (Å²) in [7, 11) is 1.49. The van der Waals surface area contributed by atoms with Gasteiger partial charge in [0.1, 0.15) is 18.3 Å². The van der Waals surface area contributed by atoms with E-state index in [9.17, 15) is 5.11 Å². The van der Waals surface area contributed by atoms with Crippen molar-refractivity contribution in [1.82, 2.24) is 0 Å². The van der Waals surface area contributed by atoms with Crippen LogP contribution in [0.5, 0.6) is 0 Å². The van der Waals surface area contributed by atoms with E-state index in [-0.39, 0.29) is 6.10 Å². The molecule has 6 nitrogen and oxygen atoms in total. The fourth-order valence-corrected chi connectivity index (χ4v) is 2.60. The predicted octanol–water partition coefficient (Wildman–Crippen LogP) is 0.160. The Hall–Kier alpha value is -1.02. The molecule has 3 rings (SSSR count). The highest BCUT2D eigenvalue weighted by Gasteiger charge is 2.48. The van der Waals surface area contributed by atoms with E-state index in [1.807, 2.05) is 30.3 Å². The molecule has 110 valence electrons. The number of benzene rings is 1. The van der Waals surface area contributed by atoms with Crippen molar-refractivity contribution in [2.24, 2.45) is 5.73 Å². The lowest BCUT2D eigenvalue weighted by Gasteiger charge is -2.46. The molecule has 6 atom stereocenters. The first-order chi connectivity index (χ1) is 9.70. The van der Waals surface area contributed by atoms with Gasteiger partial charge in [-0.05, 0) is 0 Å². The lowest BCUT2D eigenvalue weighted by atomic mass is 9.96. The van der Waals surface area contributed by atoms with Crippen LogP contribution < -0.4 is 5.73 Å². The van der Waals surface area contributed by atoms with Gasteiger partial charge in [0.15, 0.2) is 12.6 Å². The molecule has 2 heterocycles. The van der Waals surface area contributed by atoms with Gasteiger partial charge in [0, 0.05) is 12.7 Å². The zero-order valence-electron chi connectivity index (χ0n) is 11.2. The Morgan fingerprint density at radius 2 is 2.00 bits per heavy atom. The molecule has 5 unspecified atom stereocenters. The second-order valence-corrected chi connectivity index (χ2v) is 5.02. The summed E-state index contributed by atoms with van der Waals surface area (Å²) in [6, 6.07) is 8.93. The number of nitrogens with two attached hydrogens (primary N) is 1. The third-order valence-electron chi connectivity index (χ3n) is 3.72. The Bertz CT molecular complexity index is 440. The normalized spacial score (nSPS) is 41.1. The first-order valence-electron chi connectivity index (χ1n) is 6.64. The Morgan fingerprint density at radius 1 is 1.25 bits per heavy atom. The SMILES string of the molecule is COC1OC2COC(c3ccccc3)O[C@H]2C(O)C1N. The Labute approximate surface area is 117 Å². The number of aliphatic hydroxyl groups excluding tert-OH is 1. The molecule has 0 amide bonds. The standard InChI is InChI=1S/C14H19NO5/c1-17-14-10(15)11(16)12-9(19-14)7-18-13(20-12)8-5-3-2-4-6-8/h2-6,9-14,16H,7,15H2,1H3/t9?,10?,11?,12-,13?,14?/m1/s1. The first kappa shape index (κ1) is 13.9. The molecule has 0 radical (unpaired) electrons. The van der Waals surface area contributed by atoms with Crippen molar-refractivity contribution in [3.05, 3.63) is 35.9 Å². The van der Waals surface area contributed by atoms with Gasteiger partial charge in [-0.15, -0.1) is 0 Å². The Kier molecular flexibility index (Phi) is 4.02. The summed E-state index contributed by atoms with van der Waals surface area (Å²) in [4.78, 5) is 0. The van der Waals surface area contributed by atoms with E-state index in [1.54, 1.807) is 0 Å². The second-order valence-electron chi connectivity index (χ2n) is 5.02. The minimum absolute atomic E-state index is 0.327. The number of aliphatic hydroxyl groups is 1. The monoisotopic (exact) mass is 281 g/mol. The van der Waals surface area contributed by atoms with Crippen molar-refractivity contribution in [1.29, 1.82) is 0 Å². The highest BCUT2D eigenvalue weighted by atomic mass is 16.7.